The van der Waals surface area contributed by atoms with Gasteiger partial charge in [-0.15, -0.1) is 22.7 Å². The van der Waals surface area contributed by atoms with Crippen molar-refractivity contribution in [3.63, 3.8) is 0 Å². The lowest BCUT2D eigenvalue weighted by Crippen LogP contribution is -1.97. The first-order valence-corrected chi connectivity index (χ1v) is 37.2. The van der Waals surface area contributed by atoms with Gasteiger partial charge < -0.3 is 9.13 Å². The summed E-state index contributed by atoms with van der Waals surface area (Å²) in [5.41, 5.74) is 24.6. The summed E-state index contributed by atoms with van der Waals surface area (Å²) in [5, 5.41) is 11.2. The van der Waals surface area contributed by atoms with Gasteiger partial charge in [0.15, 0.2) is 11.6 Å². The van der Waals surface area contributed by atoms with Crippen molar-refractivity contribution in [2.24, 2.45) is 0 Å². The molecule has 0 aliphatic carbocycles. The first-order chi connectivity index (χ1) is 52.5. The van der Waals surface area contributed by atoms with Gasteiger partial charge >= 0.3 is 0 Å². The van der Waals surface area contributed by atoms with Crippen molar-refractivity contribution in [2.75, 3.05) is 0 Å². The fourth-order valence-electron chi connectivity index (χ4n) is 15.5. The fraction of sp³-hybridized carbons (Fsp3) is 0. The number of para-hydroxylation sites is 4. The molecule has 10 heteroatoms. The minimum atomic E-state index is 0.650. The molecule has 0 spiro atoms. The van der Waals surface area contributed by atoms with E-state index in [-0.39, 0.29) is 0 Å². The van der Waals surface area contributed by atoms with Crippen molar-refractivity contribution in [1.82, 2.24) is 39.0 Å². The molecular weight excluding hydrogens is 1330 g/mol. The second-order valence-corrected chi connectivity index (χ2v) is 29.0. The molecule has 0 aliphatic heterocycles. The molecule has 0 aliphatic rings. The van der Waals surface area contributed by atoms with Gasteiger partial charge in [0, 0.05) is 77.1 Å². The fourth-order valence-corrected chi connectivity index (χ4v) is 17.4. The summed E-state index contributed by atoms with van der Waals surface area (Å²) in [7, 11) is 0. The average molecular weight is 1390 g/mol. The number of hydrogen-bond acceptors (Lipinski definition) is 8. The minimum Gasteiger partial charge on any atom is -0.309 e. The second-order valence-electron chi connectivity index (χ2n) is 26.9. The Balaban J connectivity index is 0.657. The van der Waals surface area contributed by atoms with Gasteiger partial charge in [0.25, 0.3) is 0 Å². The molecule has 0 N–H and O–H groups in total. The summed E-state index contributed by atoms with van der Waals surface area (Å²) in [6.07, 6.45) is 0. The van der Waals surface area contributed by atoms with Crippen LogP contribution in [0.15, 0.2) is 352 Å². The molecule has 21 rings (SSSR count). The van der Waals surface area contributed by atoms with Gasteiger partial charge in [-0.1, -0.05) is 261 Å². The standard InChI is InChI=1S/C96H58N8S2/c1-4-20-62(21-5-1)82-57-84(98-93(97-82)66-24-8-3-9-25-66)64-41-37-60(38-42-64)71-50-51-88(73-27-11-10-26-72(71)73)104-87-33-17-13-29-75(87)78-55-77(79(56-90(78)104)96-102-81-31-15-19-35-92(81)106-96)61-39-43-65(44-40-61)85-58-83(63-22-6-2-7-23-63)99-94(100-85)67-45-36-59-46-48-70(53-69(59)52-67)103-86-32-16-12-28-74(86)76-49-47-68(54-89(76)103)95-101-80-30-14-18-34-91(80)105-95/h1-58H. The Hall–Kier alpha value is -13.6. The maximum atomic E-state index is 5.46. The normalized spacial score (nSPS) is 11.8. The molecule has 6 heterocycles. The monoisotopic (exact) mass is 1390 g/mol. The van der Waals surface area contributed by atoms with E-state index in [1.54, 1.807) is 22.7 Å². The van der Waals surface area contributed by atoms with Gasteiger partial charge in [-0.2, -0.15) is 0 Å². The summed E-state index contributed by atoms with van der Waals surface area (Å²) in [4.78, 5) is 31.5. The first-order valence-electron chi connectivity index (χ1n) is 35.5. The highest BCUT2D eigenvalue weighted by Crippen LogP contribution is 2.46. The Morgan fingerprint density at radius 3 is 1.30 bits per heavy atom. The van der Waals surface area contributed by atoms with E-state index in [9.17, 15) is 0 Å². The molecule has 0 saturated carbocycles. The van der Waals surface area contributed by atoms with Gasteiger partial charge in [0.05, 0.1) is 71.0 Å². The summed E-state index contributed by atoms with van der Waals surface area (Å²) < 4.78 is 7.18. The van der Waals surface area contributed by atoms with Crippen LogP contribution in [0.1, 0.15) is 0 Å². The molecule has 21 aromatic rings. The summed E-state index contributed by atoms with van der Waals surface area (Å²) in [6, 6.07) is 126. The van der Waals surface area contributed by atoms with Crippen molar-refractivity contribution in [3.05, 3.63) is 352 Å². The summed E-state index contributed by atoms with van der Waals surface area (Å²) >= 11 is 3.46. The Labute approximate surface area is 617 Å². The SMILES string of the molecule is c1ccc(-c2cc(-c3ccc(-c4ccc(-n5c6ccccc6c6cc(-c7ccc(-c8cc(-c9ccccc9)nc(-c9ccc%10ccc(-n%11c%12ccccc%12c%12ccc(-c%13nc%14ccccc%14s%13)cc%12%11)cc%10c9)n8)cc7)c(-c7nc8ccccc8s7)cc65)c5ccccc45)cc3)nc(-c3ccccc3)n2)cc1. The molecular formula is C96H58N8S2. The maximum absolute atomic E-state index is 5.46. The number of fused-ring (bicyclic) bond motifs is 10. The highest BCUT2D eigenvalue weighted by atomic mass is 32.1. The lowest BCUT2D eigenvalue weighted by atomic mass is 9.95. The van der Waals surface area contributed by atoms with Crippen LogP contribution in [0.5, 0.6) is 0 Å². The molecule has 8 nitrogen and oxygen atoms in total. The third kappa shape index (κ3) is 10.6. The first kappa shape index (κ1) is 61.1. The van der Waals surface area contributed by atoms with Crippen LogP contribution < -0.4 is 0 Å². The minimum absolute atomic E-state index is 0.650. The molecule has 0 saturated heterocycles. The van der Waals surface area contributed by atoms with E-state index in [1.807, 2.05) is 30.3 Å². The van der Waals surface area contributed by atoms with Crippen molar-refractivity contribution < 1.29 is 0 Å². The molecule has 0 amide bonds. The largest absolute Gasteiger partial charge is 0.309 e. The van der Waals surface area contributed by atoms with Gasteiger partial charge in [-0.05, 0) is 129 Å². The number of aromatic nitrogens is 8. The molecule has 0 atom stereocenters. The zero-order chi connectivity index (χ0) is 69.8. The van der Waals surface area contributed by atoms with Crippen molar-refractivity contribution in [1.29, 1.82) is 0 Å². The van der Waals surface area contributed by atoms with Crippen LogP contribution in [0, 0.1) is 0 Å². The third-order valence-electron chi connectivity index (χ3n) is 20.6. The van der Waals surface area contributed by atoms with E-state index in [0.29, 0.717) is 11.6 Å². The van der Waals surface area contributed by atoms with Crippen LogP contribution in [-0.2, 0) is 0 Å². The smallest absolute Gasteiger partial charge is 0.160 e. The Morgan fingerprint density at radius 1 is 0.217 bits per heavy atom. The van der Waals surface area contributed by atoms with E-state index in [0.717, 1.165) is 176 Å². The molecule has 494 valence electrons. The van der Waals surface area contributed by atoms with Crippen LogP contribution in [0.4, 0.5) is 0 Å². The molecule has 0 fully saturated rings. The van der Waals surface area contributed by atoms with Crippen LogP contribution in [0.3, 0.4) is 0 Å². The third-order valence-corrected chi connectivity index (χ3v) is 22.8. The van der Waals surface area contributed by atoms with Gasteiger partial charge in [0.1, 0.15) is 10.0 Å². The zero-order valence-corrected chi connectivity index (χ0v) is 58.5. The lowest BCUT2D eigenvalue weighted by Gasteiger charge is -2.16. The van der Waals surface area contributed by atoms with E-state index in [2.05, 4.69) is 331 Å². The van der Waals surface area contributed by atoms with Crippen LogP contribution in [0.2, 0.25) is 0 Å². The molecule has 0 unspecified atom stereocenters. The topological polar surface area (TPSA) is 87.2 Å². The highest BCUT2D eigenvalue weighted by Gasteiger charge is 2.24. The van der Waals surface area contributed by atoms with Gasteiger partial charge in [0.2, 0.25) is 0 Å². The van der Waals surface area contributed by atoms with E-state index >= 15 is 0 Å². The summed E-state index contributed by atoms with van der Waals surface area (Å²) in [6.45, 7) is 0. The lowest BCUT2D eigenvalue weighted by molar-refractivity contribution is 1.18. The number of rotatable bonds is 12. The van der Waals surface area contributed by atoms with E-state index in [1.165, 1.54) is 20.9 Å². The van der Waals surface area contributed by atoms with Crippen molar-refractivity contribution in [2.45, 2.75) is 0 Å². The highest BCUT2D eigenvalue weighted by molar-refractivity contribution is 7.22. The van der Waals surface area contributed by atoms with Crippen molar-refractivity contribution in [3.8, 4) is 123 Å². The Kier molecular flexibility index (Phi) is 14.5. The van der Waals surface area contributed by atoms with Crippen molar-refractivity contribution >= 4 is 108 Å². The van der Waals surface area contributed by atoms with Gasteiger partial charge in [-0.25, -0.2) is 29.9 Å². The molecule has 0 bridgehead atoms. The Morgan fingerprint density at radius 2 is 0.670 bits per heavy atom. The number of nitrogens with zero attached hydrogens (tertiary/aromatic N) is 8. The predicted molar refractivity (Wildman–Crippen MR) is 442 cm³/mol. The number of thiazole rings is 2. The summed E-state index contributed by atoms with van der Waals surface area (Å²) in [5.74, 6) is 1.34. The quantitative estimate of drug-likeness (QED) is 0.121. The maximum Gasteiger partial charge on any atom is 0.160 e. The molecule has 106 heavy (non-hydrogen) atoms. The van der Waals surface area contributed by atoms with E-state index < -0.39 is 0 Å². The zero-order valence-electron chi connectivity index (χ0n) is 56.9. The van der Waals surface area contributed by atoms with E-state index in [4.69, 9.17) is 29.9 Å². The number of hydrogen-bond donors (Lipinski definition) is 0. The molecule has 15 aromatic carbocycles. The Bertz CT molecular complexity index is 6940. The van der Waals surface area contributed by atoms with Gasteiger partial charge in [-0.3, -0.25) is 0 Å². The second kappa shape index (κ2) is 25.1. The van der Waals surface area contributed by atoms with Crippen LogP contribution in [0.25, 0.3) is 208 Å². The number of benzene rings is 15. The predicted octanol–water partition coefficient (Wildman–Crippen LogP) is 25.7. The molecule has 6 aromatic heterocycles. The van der Waals surface area contributed by atoms with Crippen LogP contribution in [-0.4, -0.2) is 39.0 Å². The molecule has 0 radical (unpaired) electrons. The van der Waals surface area contributed by atoms with Crippen LogP contribution >= 0.6 is 22.7 Å². The average Bonchev–Trinajstić information content (AvgIpc) is 1.61.